The molecule has 0 aromatic heterocycles. The number of carboxylic acids is 1. The summed E-state index contributed by atoms with van der Waals surface area (Å²) in [7, 11) is 0. The minimum atomic E-state index is -1.05. The lowest BCUT2D eigenvalue weighted by atomic mass is 9.87. The molecule has 182 valence electrons. The first-order valence-corrected chi connectivity index (χ1v) is 11.8. The fraction of sp³-hybridized carbons (Fsp3) is 0.444. The summed E-state index contributed by atoms with van der Waals surface area (Å²) < 4.78 is 5.53. The van der Waals surface area contributed by atoms with Gasteiger partial charge in [-0.2, -0.15) is 0 Å². The number of rotatable bonds is 10. The van der Waals surface area contributed by atoms with Gasteiger partial charge in [-0.25, -0.2) is 9.59 Å². The van der Waals surface area contributed by atoms with Gasteiger partial charge in [0.2, 0.25) is 5.91 Å². The number of ether oxygens (including phenoxy) is 1. The minimum absolute atomic E-state index is 0.0196. The molecule has 0 saturated carbocycles. The Bertz CT molecular complexity index is 1000. The van der Waals surface area contributed by atoms with Crippen LogP contribution in [-0.2, 0) is 14.3 Å². The minimum Gasteiger partial charge on any atom is -0.480 e. The average molecular weight is 467 g/mol. The molecule has 2 atom stereocenters. The van der Waals surface area contributed by atoms with E-state index in [1.165, 1.54) is 0 Å². The number of alkyl carbamates (subject to hydrolysis) is 1. The fourth-order valence-corrected chi connectivity index (χ4v) is 4.26. The van der Waals surface area contributed by atoms with Crippen LogP contribution in [0.1, 0.15) is 57.6 Å². The van der Waals surface area contributed by atoms with Crippen LogP contribution in [0.15, 0.2) is 48.5 Å². The normalized spacial score (nSPS) is 14.5. The molecule has 3 rings (SSSR count). The largest absolute Gasteiger partial charge is 0.480 e. The second kappa shape index (κ2) is 10.7. The molecule has 0 spiro atoms. The van der Waals surface area contributed by atoms with Crippen LogP contribution in [0.25, 0.3) is 11.1 Å². The first-order chi connectivity index (χ1) is 16.2. The molecule has 1 aliphatic rings. The Kier molecular flexibility index (Phi) is 7.97. The Morgan fingerprint density at radius 3 is 2.12 bits per heavy atom. The molecule has 2 aromatic rings. The fourth-order valence-electron chi connectivity index (χ4n) is 4.26. The van der Waals surface area contributed by atoms with Crippen molar-refractivity contribution in [3.05, 3.63) is 59.7 Å². The standard InChI is InChI=1S/C27H34N2O5/c1-5-17(2)23(24(30)31)29-25(32)27(3,4)14-15-28-26(33)34-16-22-20-12-8-6-10-18(20)19-11-7-9-13-21(19)22/h6-13,17,22-23H,5,14-16H2,1-4H3,(H,28,33)(H,29,32)(H,30,31)/t17-,23-/m0/s1. The Balaban J connectivity index is 1.51. The molecule has 2 amide bonds. The second-order valence-corrected chi connectivity index (χ2v) is 9.56. The monoisotopic (exact) mass is 466 g/mol. The van der Waals surface area contributed by atoms with E-state index >= 15 is 0 Å². The maximum absolute atomic E-state index is 12.7. The Labute approximate surface area is 200 Å². The number of hydrogen-bond donors (Lipinski definition) is 3. The Morgan fingerprint density at radius 1 is 1.03 bits per heavy atom. The van der Waals surface area contributed by atoms with E-state index in [1.54, 1.807) is 20.8 Å². The van der Waals surface area contributed by atoms with Crippen LogP contribution in [0, 0.1) is 11.3 Å². The summed E-state index contributed by atoms with van der Waals surface area (Å²) in [4.78, 5) is 36.6. The summed E-state index contributed by atoms with van der Waals surface area (Å²) in [6, 6.07) is 15.3. The highest BCUT2D eigenvalue weighted by atomic mass is 16.5. The van der Waals surface area contributed by atoms with E-state index in [2.05, 4.69) is 34.9 Å². The molecule has 0 saturated heterocycles. The molecule has 2 aromatic carbocycles. The molecule has 0 fully saturated rings. The third-order valence-corrected chi connectivity index (χ3v) is 6.74. The third-order valence-electron chi connectivity index (χ3n) is 6.74. The van der Waals surface area contributed by atoms with Crippen LogP contribution < -0.4 is 10.6 Å². The molecule has 7 nitrogen and oxygen atoms in total. The van der Waals surface area contributed by atoms with Gasteiger partial charge in [0.25, 0.3) is 0 Å². The van der Waals surface area contributed by atoms with Crippen LogP contribution in [0.4, 0.5) is 4.79 Å². The van der Waals surface area contributed by atoms with Crippen molar-refractivity contribution in [1.29, 1.82) is 0 Å². The van der Waals surface area contributed by atoms with Gasteiger partial charge in [-0.15, -0.1) is 0 Å². The van der Waals surface area contributed by atoms with Gasteiger partial charge in [0.15, 0.2) is 0 Å². The molecule has 7 heteroatoms. The van der Waals surface area contributed by atoms with Crippen molar-refractivity contribution >= 4 is 18.0 Å². The van der Waals surface area contributed by atoms with E-state index in [0.717, 1.165) is 22.3 Å². The lowest BCUT2D eigenvalue weighted by Crippen LogP contribution is -2.50. The smallest absolute Gasteiger partial charge is 0.407 e. The molecule has 1 aliphatic carbocycles. The highest BCUT2D eigenvalue weighted by molar-refractivity contribution is 5.87. The molecule has 0 radical (unpaired) electrons. The number of fused-ring (bicyclic) bond motifs is 3. The van der Waals surface area contributed by atoms with Crippen molar-refractivity contribution in [1.82, 2.24) is 10.6 Å². The predicted molar refractivity (Wildman–Crippen MR) is 130 cm³/mol. The molecule has 0 unspecified atom stereocenters. The van der Waals surface area contributed by atoms with Crippen LogP contribution in [-0.4, -0.2) is 42.3 Å². The molecule has 0 aliphatic heterocycles. The summed E-state index contributed by atoms with van der Waals surface area (Å²) in [5.41, 5.74) is 3.76. The Hall–Kier alpha value is -3.35. The molecule has 3 N–H and O–H groups in total. The van der Waals surface area contributed by atoms with Crippen molar-refractivity contribution in [2.75, 3.05) is 13.2 Å². The van der Waals surface area contributed by atoms with Gasteiger partial charge in [0.05, 0.1) is 0 Å². The number of aliphatic carboxylic acids is 1. The maximum Gasteiger partial charge on any atom is 0.407 e. The first-order valence-electron chi connectivity index (χ1n) is 11.8. The summed E-state index contributed by atoms with van der Waals surface area (Å²) in [6.07, 6.45) is 0.442. The molecule has 0 heterocycles. The highest BCUT2D eigenvalue weighted by Crippen LogP contribution is 2.44. The van der Waals surface area contributed by atoms with Crippen molar-refractivity contribution in [3.63, 3.8) is 0 Å². The molecular formula is C27H34N2O5. The van der Waals surface area contributed by atoms with Gasteiger partial charge in [-0.1, -0.05) is 82.6 Å². The van der Waals surface area contributed by atoms with Crippen LogP contribution >= 0.6 is 0 Å². The summed E-state index contributed by atoms with van der Waals surface area (Å²) in [5, 5.41) is 14.8. The average Bonchev–Trinajstić information content (AvgIpc) is 3.14. The zero-order chi connectivity index (χ0) is 24.9. The van der Waals surface area contributed by atoms with E-state index in [9.17, 15) is 19.5 Å². The number of nitrogens with one attached hydrogen (secondary N) is 2. The van der Waals surface area contributed by atoms with Crippen LogP contribution in [0.2, 0.25) is 0 Å². The predicted octanol–water partition coefficient (Wildman–Crippen LogP) is 4.56. The van der Waals surface area contributed by atoms with Gasteiger partial charge >= 0.3 is 12.1 Å². The number of carbonyl (C=O) groups is 3. The quantitative estimate of drug-likeness (QED) is 0.476. The second-order valence-electron chi connectivity index (χ2n) is 9.56. The summed E-state index contributed by atoms with van der Waals surface area (Å²) >= 11 is 0. The zero-order valence-electron chi connectivity index (χ0n) is 20.3. The van der Waals surface area contributed by atoms with E-state index in [4.69, 9.17) is 4.74 Å². The van der Waals surface area contributed by atoms with E-state index in [0.29, 0.717) is 12.8 Å². The summed E-state index contributed by atoms with van der Waals surface area (Å²) in [5.74, 6) is -1.60. The highest BCUT2D eigenvalue weighted by Gasteiger charge is 2.33. The van der Waals surface area contributed by atoms with Crippen LogP contribution in [0.3, 0.4) is 0 Å². The topological polar surface area (TPSA) is 105 Å². The number of hydrogen-bond acceptors (Lipinski definition) is 4. The lowest BCUT2D eigenvalue weighted by molar-refractivity contribution is -0.145. The molecule has 34 heavy (non-hydrogen) atoms. The van der Waals surface area contributed by atoms with Crippen molar-refractivity contribution < 1.29 is 24.2 Å². The number of carboxylic acid groups (broad SMARTS) is 1. The molecule has 0 bridgehead atoms. The van der Waals surface area contributed by atoms with E-state index in [-0.39, 0.29) is 30.9 Å². The number of amides is 2. The SMILES string of the molecule is CC[C@H](C)[C@H](NC(=O)C(C)(C)CCNC(=O)OCC1c2ccccc2-c2ccccc21)C(=O)O. The maximum atomic E-state index is 12.7. The van der Waals surface area contributed by atoms with Gasteiger partial charge in [-0.05, 0) is 34.6 Å². The van der Waals surface area contributed by atoms with E-state index in [1.807, 2.05) is 31.2 Å². The van der Waals surface area contributed by atoms with Gasteiger partial charge in [0.1, 0.15) is 12.6 Å². The number of carbonyl (C=O) groups excluding carboxylic acids is 2. The van der Waals surface area contributed by atoms with Crippen molar-refractivity contribution in [2.24, 2.45) is 11.3 Å². The lowest BCUT2D eigenvalue weighted by Gasteiger charge is -2.28. The van der Waals surface area contributed by atoms with Crippen LogP contribution in [0.5, 0.6) is 0 Å². The number of benzene rings is 2. The van der Waals surface area contributed by atoms with Crippen molar-refractivity contribution in [2.45, 2.75) is 52.5 Å². The summed E-state index contributed by atoms with van der Waals surface area (Å²) in [6.45, 7) is 7.60. The molecular weight excluding hydrogens is 432 g/mol. The van der Waals surface area contributed by atoms with Gasteiger partial charge < -0.3 is 20.5 Å². The first kappa shape index (κ1) is 25.3. The zero-order valence-corrected chi connectivity index (χ0v) is 20.3. The van der Waals surface area contributed by atoms with E-state index < -0.39 is 23.5 Å². The van der Waals surface area contributed by atoms with Gasteiger partial charge in [0, 0.05) is 17.9 Å². The van der Waals surface area contributed by atoms with Crippen molar-refractivity contribution in [3.8, 4) is 11.1 Å². The Morgan fingerprint density at radius 2 is 1.59 bits per heavy atom. The third kappa shape index (κ3) is 5.58. The van der Waals surface area contributed by atoms with Gasteiger partial charge in [-0.3, -0.25) is 4.79 Å².